The molecule has 0 radical (unpaired) electrons. The summed E-state index contributed by atoms with van der Waals surface area (Å²) in [7, 11) is 0. The zero-order valence-electron chi connectivity index (χ0n) is 6.29. The predicted molar refractivity (Wildman–Crippen MR) is 37.2 cm³/mol. The van der Waals surface area contributed by atoms with E-state index in [1.807, 2.05) is 0 Å². The summed E-state index contributed by atoms with van der Waals surface area (Å²) in [5.74, 6) is -1.00. The van der Waals surface area contributed by atoms with Crippen molar-refractivity contribution in [3.63, 3.8) is 0 Å². The van der Waals surface area contributed by atoms with E-state index >= 15 is 0 Å². The van der Waals surface area contributed by atoms with Crippen LogP contribution in [0.1, 0.15) is 0 Å². The Labute approximate surface area is 68.7 Å². The van der Waals surface area contributed by atoms with Crippen LogP contribution in [0.3, 0.4) is 0 Å². The summed E-state index contributed by atoms with van der Waals surface area (Å²) in [5, 5.41) is 43.1. The van der Waals surface area contributed by atoms with Crippen molar-refractivity contribution in [1.82, 2.24) is 0 Å². The van der Waals surface area contributed by atoms with Gasteiger partial charge in [0.1, 0.15) is 24.9 Å². The van der Waals surface area contributed by atoms with Crippen molar-refractivity contribution in [1.29, 1.82) is 0 Å². The Bertz CT molecular complexity index is 147. The Morgan fingerprint density at radius 3 is 2.00 bits per heavy atom. The van der Waals surface area contributed by atoms with Crippen LogP contribution in [0.4, 0.5) is 0 Å². The van der Waals surface area contributed by atoms with Crippen LogP contribution in [0.15, 0.2) is 0 Å². The smallest absolute Gasteiger partial charge is 0.189 e. The summed E-state index contributed by atoms with van der Waals surface area (Å²) >= 11 is 0. The zero-order valence-corrected chi connectivity index (χ0v) is 6.29. The molecule has 0 heterocycles. The van der Waals surface area contributed by atoms with Gasteiger partial charge in [-0.15, -0.1) is 0 Å². The Balaban J connectivity index is 4.08. The molecule has 0 aliphatic carbocycles. The molecule has 6 heteroatoms. The zero-order chi connectivity index (χ0) is 9.72. The van der Waals surface area contributed by atoms with Gasteiger partial charge in [-0.05, 0) is 0 Å². The maximum absolute atomic E-state index is 10.5. The molecule has 0 unspecified atom stereocenters. The topological polar surface area (TPSA) is 118 Å². The van der Waals surface area contributed by atoms with E-state index in [9.17, 15) is 4.79 Å². The highest BCUT2D eigenvalue weighted by Crippen LogP contribution is 2.00. The highest BCUT2D eigenvalue weighted by Gasteiger charge is 2.28. The minimum atomic E-state index is -1.86. The summed E-state index contributed by atoms with van der Waals surface area (Å²) in [6.07, 6.45) is -5.22. The average molecular weight is 181 g/mol. The molecular weight excluding hydrogens is 169 g/mol. The summed E-state index contributed by atoms with van der Waals surface area (Å²) in [4.78, 5) is 10.5. The number of aliphatic hydroxyl groups excluding tert-OH is 5. The van der Waals surface area contributed by atoms with E-state index in [0.717, 1.165) is 0 Å². The lowest BCUT2D eigenvalue weighted by molar-refractivity contribution is -0.142. The SMILES string of the molecule is O=C([13CH2]O)[C@@H](O)[C@H](O)[C@H](O)CO. The average Bonchev–Trinajstić information content (AvgIpc) is 2.12. The molecule has 72 valence electrons. The van der Waals surface area contributed by atoms with Crippen molar-refractivity contribution in [3.8, 4) is 0 Å². The molecule has 12 heavy (non-hydrogen) atoms. The normalized spacial score (nSPS) is 18.4. The second kappa shape index (κ2) is 5.18. The number of carbonyl (C=O) groups excluding carboxylic acids is 1. The molecule has 0 saturated carbocycles. The third-order valence-corrected chi connectivity index (χ3v) is 1.39. The fourth-order valence-electron chi connectivity index (χ4n) is 0.602. The number of ketones is 1. The third-order valence-electron chi connectivity index (χ3n) is 1.39. The number of hydrogen-bond donors (Lipinski definition) is 5. The second-order valence-electron chi connectivity index (χ2n) is 2.31. The van der Waals surface area contributed by atoms with E-state index in [2.05, 4.69) is 0 Å². The van der Waals surface area contributed by atoms with E-state index in [4.69, 9.17) is 25.5 Å². The van der Waals surface area contributed by atoms with Crippen LogP contribution in [-0.4, -0.2) is 62.8 Å². The first-order chi connectivity index (χ1) is 5.54. The maximum Gasteiger partial charge on any atom is 0.189 e. The minimum Gasteiger partial charge on any atom is -0.394 e. The van der Waals surface area contributed by atoms with Crippen molar-refractivity contribution < 1.29 is 30.3 Å². The molecule has 3 atom stereocenters. The fraction of sp³-hybridized carbons (Fsp3) is 0.833. The summed E-state index contributed by atoms with van der Waals surface area (Å²) in [5.41, 5.74) is 0. The Morgan fingerprint density at radius 1 is 1.17 bits per heavy atom. The van der Waals surface area contributed by atoms with E-state index in [1.165, 1.54) is 0 Å². The van der Waals surface area contributed by atoms with Crippen LogP contribution in [0, 0.1) is 0 Å². The lowest BCUT2D eigenvalue weighted by atomic mass is 10.1. The quantitative estimate of drug-likeness (QED) is 0.282. The van der Waals surface area contributed by atoms with Gasteiger partial charge in [-0.2, -0.15) is 0 Å². The van der Waals surface area contributed by atoms with E-state index < -0.39 is 37.3 Å². The van der Waals surface area contributed by atoms with Crippen molar-refractivity contribution in [2.45, 2.75) is 18.3 Å². The van der Waals surface area contributed by atoms with Crippen molar-refractivity contribution in [2.75, 3.05) is 13.2 Å². The van der Waals surface area contributed by atoms with Crippen LogP contribution < -0.4 is 0 Å². The van der Waals surface area contributed by atoms with Gasteiger partial charge in [0, 0.05) is 0 Å². The Morgan fingerprint density at radius 2 is 1.67 bits per heavy atom. The van der Waals surface area contributed by atoms with Crippen molar-refractivity contribution in [3.05, 3.63) is 0 Å². The standard InChI is InChI=1S/C6H12O6/c7-1-3(9)5(11)6(12)4(10)2-8/h3,5-9,11-12H,1-2H2/t3-,5-,6-/m1/s1/i2+1. The highest BCUT2D eigenvalue weighted by molar-refractivity contribution is 5.84. The summed E-state index contributed by atoms with van der Waals surface area (Å²) in [6, 6.07) is 0. The number of hydrogen-bond acceptors (Lipinski definition) is 6. The van der Waals surface area contributed by atoms with Gasteiger partial charge in [-0.1, -0.05) is 0 Å². The molecule has 0 fully saturated rings. The maximum atomic E-state index is 10.5. The van der Waals surface area contributed by atoms with Crippen LogP contribution in [0.25, 0.3) is 0 Å². The van der Waals surface area contributed by atoms with Crippen molar-refractivity contribution >= 4 is 5.78 Å². The molecule has 0 bridgehead atoms. The van der Waals surface area contributed by atoms with Crippen molar-refractivity contribution in [2.24, 2.45) is 0 Å². The number of Topliss-reactive ketones (excluding diaryl/α,β-unsaturated/α-hetero) is 1. The second-order valence-corrected chi connectivity index (χ2v) is 2.31. The van der Waals surface area contributed by atoms with Crippen LogP contribution in [0.2, 0.25) is 0 Å². The minimum absolute atomic E-state index is 0.767. The van der Waals surface area contributed by atoms with E-state index in [0.29, 0.717) is 0 Å². The van der Waals surface area contributed by atoms with Gasteiger partial charge >= 0.3 is 0 Å². The largest absolute Gasteiger partial charge is 0.394 e. The molecule has 0 rings (SSSR count). The lowest BCUT2D eigenvalue weighted by Gasteiger charge is -2.19. The summed E-state index contributed by atoms with van der Waals surface area (Å²) < 4.78 is 0. The first kappa shape index (κ1) is 11.5. The fourth-order valence-corrected chi connectivity index (χ4v) is 0.602. The number of rotatable bonds is 5. The van der Waals surface area contributed by atoms with Gasteiger partial charge < -0.3 is 25.5 Å². The predicted octanol–water partition coefficient (Wildman–Crippen LogP) is -3.38. The number of aliphatic hydroxyl groups is 5. The molecule has 0 aliphatic heterocycles. The van der Waals surface area contributed by atoms with Crippen LogP contribution >= 0.6 is 0 Å². The van der Waals surface area contributed by atoms with Crippen LogP contribution in [0.5, 0.6) is 0 Å². The molecule has 0 aromatic carbocycles. The van der Waals surface area contributed by atoms with Gasteiger partial charge in [0.15, 0.2) is 5.78 Å². The first-order valence-corrected chi connectivity index (χ1v) is 3.33. The molecule has 0 saturated heterocycles. The summed E-state index contributed by atoms with van der Waals surface area (Å²) in [6.45, 7) is -1.69. The molecule has 0 spiro atoms. The van der Waals surface area contributed by atoms with Gasteiger partial charge in [0.2, 0.25) is 0 Å². The van der Waals surface area contributed by atoms with Crippen LogP contribution in [-0.2, 0) is 4.79 Å². The van der Waals surface area contributed by atoms with Gasteiger partial charge in [0.05, 0.1) is 6.61 Å². The molecule has 0 aromatic rings. The van der Waals surface area contributed by atoms with E-state index in [1.54, 1.807) is 0 Å². The number of carbonyl (C=O) groups is 1. The first-order valence-electron chi connectivity index (χ1n) is 3.33. The van der Waals surface area contributed by atoms with Gasteiger partial charge in [-0.25, -0.2) is 0 Å². The monoisotopic (exact) mass is 181 g/mol. The highest BCUT2D eigenvalue weighted by atomic mass is 16.4. The molecule has 0 aromatic heterocycles. The molecule has 6 nitrogen and oxygen atoms in total. The van der Waals surface area contributed by atoms with E-state index in [-0.39, 0.29) is 0 Å². The van der Waals surface area contributed by atoms with Gasteiger partial charge in [-0.3, -0.25) is 4.79 Å². The van der Waals surface area contributed by atoms with Gasteiger partial charge in [0.25, 0.3) is 0 Å². The molecule has 0 amide bonds. The Kier molecular flexibility index (Phi) is 4.95. The molecule has 5 N–H and O–H groups in total. The molecular formula is C6H12O6. The Hall–Kier alpha value is -0.530. The molecule has 0 aliphatic rings. The third kappa shape index (κ3) is 2.84. The lowest BCUT2D eigenvalue weighted by Crippen LogP contribution is -2.44.